The van der Waals surface area contributed by atoms with Crippen molar-refractivity contribution in [1.29, 1.82) is 0 Å². The van der Waals surface area contributed by atoms with Gasteiger partial charge in [-0.25, -0.2) is 0 Å². The lowest BCUT2D eigenvalue weighted by Crippen LogP contribution is -2.11. The van der Waals surface area contributed by atoms with Gasteiger partial charge in [-0.1, -0.05) is 11.8 Å². The summed E-state index contributed by atoms with van der Waals surface area (Å²) in [6.07, 6.45) is 6.51. The second kappa shape index (κ2) is 5.39. The molecule has 22 heavy (non-hydrogen) atoms. The maximum absolute atomic E-state index is 11.9. The van der Waals surface area contributed by atoms with E-state index in [2.05, 4.69) is 19.7 Å². The molecule has 0 N–H and O–H groups in total. The van der Waals surface area contributed by atoms with E-state index in [1.165, 1.54) is 11.8 Å². The third kappa shape index (κ3) is 2.49. The van der Waals surface area contributed by atoms with Gasteiger partial charge in [-0.3, -0.25) is 14.3 Å². The molecule has 6 nitrogen and oxygen atoms in total. The molecule has 2 aromatic rings. The van der Waals surface area contributed by atoms with Crippen LogP contribution < -0.4 is 0 Å². The standard InChI is InChI=1S/C15H16N4O2S/c1-9-7-12(14(20)21-9)22-15-18-17-13(19(15)11-4-5-11)10-3-2-6-16-8-10/h2-3,6,8-9,11-12H,4-5,7H2,1H3. The molecule has 1 aliphatic heterocycles. The van der Waals surface area contributed by atoms with Crippen LogP contribution >= 0.6 is 11.8 Å². The number of esters is 1. The molecule has 0 aromatic carbocycles. The lowest BCUT2D eigenvalue weighted by atomic mass is 10.2. The summed E-state index contributed by atoms with van der Waals surface area (Å²) >= 11 is 1.47. The molecule has 2 aliphatic rings. The van der Waals surface area contributed by atoms with Gasteiger partial charge in [0, 0.05) is 30.4 Å². The molecule has 3 heterocycles. The van der Waals surface area contributed by atoms with Crippen molar-refractivity contribution in [2.24, 2.45) is 0 Å². The van der Waals surface area contributed by atoms with E-state index in [4.69, 9.17) is 4.74 Å². The molecule has 1 saturated carbocycles. The third-order valence-electron chi connectivity index (χ3n) is 3.87. The average Bonchev–Trinajstić information content (AvgIpc) is 3.20. The fourth-order valence-corrected chi connectivity index (χ4v) is 3.87. The maximum atomic E-state index is 11.9. The van der Waals surface area contributed by atoms with Crippen LogP contribution in [0.15, 0.2) is 29.7 Å². The zero-order valence-corrected chi connectivity index (χ0v) is 13.0. The molecule has 7 heteroatoms. The van der Waals surface area contributed by atoms with Gasteiger partial charge >= 0.3 is 5.97 Å². The Morgan fingerprint density at radius 2 is 2.23 bits per heavy atom. The van der Waals surface area contributed by atoms with E-state index >= 15 is 0 Å². The summed E-state index contributed by atoms with van der Waals surface area (Å²) in [4.78, 5) is 16.0. The Hall–Kier alpha value is -1.89. The second-order valence-corrected chi connectivity index (χ2v) is 6.91. The molecule has 2 unspecified atom stereocenters. The molecule has 114 valence electrons. The Kier molecular flexibility index (Phi) is 3.37. The first-order chi connectivity index (χ1) is 10.7. The lowest BCUT2D eigenvalue weighted by molar-refractivity contribution is -0.140. The number of hydrogen-bond donors (Lipinski definition) is 0. The SMILES string of the molecule is CC1CC(Sc2nnc(-c3cccnc3)n2C2CC2)C(=O)O1. The van der Waals surface area contributed by atoms with Gasteiger partial charge in [-0.15, -0.1) is 10.2 Å². The van der Waals surface area contributed by atoms with E-state index in [0.29, 0.717) is 6.04 Å². The van der Waals surface area contributed by atoms with Gasteiger partial charge in [0.2, 0.25) is 0 Å². The Bertz CT molecular complexity index is 699. The zero-order chi connectivity index (χ0) is 15.1. The van der Waals surface area contributed by atoms with Crippen LogP contribution in [0.25, 0.3) is 11.4 Å². The van der Waals surface area contributed by atoms with Crippen LogP contribution in [-0.2, 0) is 9.53 Å². The van der Waals surface area contributed by atoms with Gasteiger partial charge in [0.1, 0.15) is 11.4 Å². The first kappa shape index (κ1) is 13.8. The van der Waals surface area contributed by atoms with Crippen molar-refractivity contribution in [3.63, 3.8) is 0 Å². The second-order valence-electron chi connectivity index (χ2n) is 5.74. The zero-order valence-electron chi connectivity index (χ0n) is 12.2. The molecule has 0 amide bonds. The molecular formula is C15H16N4O2S. The Balaban J connectivity index is 1.66. The summed E-state index contributed by atoms with van der Waals surface area (Å²) in [5.41, 5.74) is 0.955. The van der Waals surface area contributed by atoms with Crippen LogP contribution in [0.4, 0.5) is 0 Å². The summed E-state index contributed by atoms with van der Waals surface area (Å²) in [7, 11) is 0. The van der Waals surface area contributed by atoms with E-state index in [1.54, 1.807) is 12.4 Å². The summed E-state index contributed by atoms with van der Waals surface area (Å²) in [6, 6.07) is 4.31. The number of carbonyl (C=O) groups excluding carboxylic acids is 1. The summed E-state index contributed by atoms with van der Waals surface area (Å²) in [6.45, 7) is 1.92. The molecule has 0 radical (unpaired) electrons. The van der Waals surface area contributed by atoms with Crippen molar-refractivity contribution in [3.8, 4) is 11.4 Å². The fourth-order valence-electron chi connectivity index (χ4n) is 2.65. The molecule has 1 aliphatic carbocycles. The highest BCUT2D eigenvalue weighted by Gasteiger charge is 2.36. The predicted molar refractivity (Wildman–Crippen MR) is 81.3 cm³/mol. The minimum atomic E-state index is -0.182. The van der Waals surface area contributed by atoms with E-state index in [-0.39, 0.29) is 17.3 Å². The number of rotatable bonds is 4. The number of aromatic nitrogens is 4. The van der Waals surface area contributed by atoms with Crippen molar-refractivity contribution in [2.45, 2.75) is 48.7 Å². The van der Waals surface area contributed by atoms with Crippen molar-refractivity contribution in [2.75, 3.05) is 0 Å². The van der Waals surface area contributed by atoms with Crippen molar-refractivity contribution >= 4 is 17.7 Å². The minimum absolute atomic E-state index is 0.0138. The van der Waals surface area contributed by atoms with Gasteiger partial charge in [0.15, 0.2) is 11.0 Å². The van der Waals surface area contributed by atoms with E-state index < -0.39 is 0 Å². The quantitative estimate of drug-likeness (QED) is 0.807. The largest absolute Gasteiger partial charge is 0.462 e. The predicted octanol–water partition coefficient (Wildman–Crippen LogP) is 2.47. The highest BCUT2D eigenvalue weighted by atomic mass is 32.2. The summed E-state index contributed by atoms with van der Waals surface area (Å²) < 4.78 is 7.38. The van der Waals surface area contributed by atoms with Crippen LogP contribution in [0.3, 0.4) is 0 Å². The van der Waals surface area contributed by atoms with Crippen LogP contribution in [0.2, 0.25) is 0 Å². The summed E-state index contributed by atoms with van der Waals surface area (Å²) in [5, 5.41) is 9.27. The molecule has 4 rings (SSSR count). The molecular weight excluding hydrogens is 300 g/mol. The first-order valence-electron chi connectivity index (χ1n) is 7.45. The van der Waals surface area contributed by atoms with Crippen LogP contribution in [-0.4, -0.2) is 37.1 Å². The van der Waals surface area contributed by atoms with E-state index in [1.807, 2.05) is 19.1 Å². The van der Waals surface area contributed by atoms with E-state index in [0.717, 1.165) is 35.8 Å². The highest BCUT2D eigenvalue weighted by Crippen LogP contribution is 2.42. The van der Waals surface area contributed by atoms with Crippen molar-refractivity contribution < 1.29 is 9.53 Å². The number of thioether (sulfide) groups is 1. The molecule has 2 fully saturated rings. The van der Waals surface area contributed by atoms with Crippen LogP contribution in [0, 0.1) is 0 Å². The number of nitrogens with zero attached hydrogens (tertiary/aromatic N) is 4. The molecule has 2 atom stereocenters. The normalized spacial score (nSPS) is 24.5. The van der Waals surface area contributed by atoms with Crippen LogP contribution in [0.1, 0.15) is 32.2 Å². The fraction of sp³-hybridized carbons (Fsp3) is 0.467. The number of hydrogen-bond acceptors (Lipinski definition) is 6. The topological polar surface area (TPSA) is 69.9 Å². The Labute approximate surface area is 132 Å². The first-order valence-corrected chi connectivity index (χ1v) is 8.33. The maximum Gasteiger partial charge on any atom is 0.319 e. The molecule has 1 saturated heterocycles. The number of carbonyl (C=O) groups is 1. The smallest absolute Gasteiger partial charge is 0.319 e. The molecule has 0 spiro atoms. The number of cyclic esters (lactones) is 1. The highest BCUT2D eigenvalue weighted by molar-refractivity contribution is 8.00. The van der Waals surface area contributed by atoms with Crippen molar-refractivity contribution in [3.05, 3.63) is 24.5 Å². The number of pyridine rings is 1. The van der Waals surface area contributed by atoms with Gasteiger partial charge in [0.25, 0.3) is 0 Å². The van der Waals surface area contributed by atoms with Gasteiger partial charge in [-0.05, 0) is 31.9 Å². The van der Waals surface area contributed by atoms with Crippen LogP contribution in [0.5, 0.6) is 0 Å². The van der Waals surface area contributed by atoms with Gasteiger partial charge in [-0.2, -0.15) is 0 Å². The molecule has 2 aromatic heterocycles. The van der Waals surface area contributed by atoms with Gasteiger partial charge < -0.3 is 4.74 Å². The molecule has 0 bridgehead atoms. The van der Waals surface area contributed by atoms with E-state index in [9.17, 15) is 4.79 Å². The van der Waals surface area contributed by atoms with Gasteiger partial charge in [0.05, 0.1) is 0 Å². The minimum Gasteiger partial charge on any atom is -0.462 e. The average molecular weight is 316 g/mol. The monoisotopic (exact) mass is 316 g/mol. The Morgan fingerprint density at radius 1 is 1.36 bits per heavy atom. The Morgan fingerprint density at radius 3 is 2.86 bits per heavy atom. The summed E-state index contributed by atoms with van der Waals surface area (Å²) in [5.74, 6) is 0.684. The van der Waals surface area contributed by atoms with Crippen molar-refractivity contribution in [1.82, 2.24) is 19.7 Å². The number of ether oxygens (including phenoxy) is 1. The third-order valence-corrected chi connectivity index (χ3v) is 5.03. The lowest BCUT2D eigenvalue weighted by Gasteiger charge is -2.10.